The summed E-state index contributed by atoms with van der Waals surface area (Å²) >= 11 is 0. The predicted molar refractivity (Wildman–Crippen MR) is 156 cm³/mol. The second kappa shape index (κ2) is 17.7. The van der Waals surface area contributed by atoms with Crippen LogP contribution in [0.3, 0.4) is 0 Å². The van der Waals surface area contributed by atoms with Crippen molar-refractivity contribution in [1.29, 1.82) is 5.26 Å². The van der Waals surface area contributed by atoms with Crippen molar-refractivity contribution < 1.29 is 32.3 Å². The Hall–Kier alpha value is -4.17. The normalized spacial score (nSPS) is 16.3. The van der Waals surface area contributed by atoms with Crippen LogP contribution in [0.4, 0.5) is 13.2 Å². The Morgan fingerprint density at radius 2 is 1.91 bits per heavy atom. The maximum absolute atomic E-state index is 11.9. The number of likely N-dealkylation sites (tertiary alicyclic amines) is 1. The van der Waals surface area contributed by atoms with Gasteiger partial charge in [-0.05, 0) is 31.1 Å². The molecule has 3 rings (SSSR count). The second-order valence-electron chi connectivity index (χ2n) is 10.1. The van der Waals surface area contributed by atoms with Gasteiger partial charge in [0.25, 0.3) is 0 Å². The van der Waals surface area contributed by atoms with Crippen LogP contribution in [0, 0.1) is 34.5 Å². The molecule has 2 unspecified atom stereocenters. The highest BCUT2D eigenvalue weighted by Gasteiger charge is 2.38. The minimum absolute atomic E-state index is 0.0246. The smallest absolute Gasteiger partial charge is 0.381 e. The molecule has 2 aromatic heterocycles. The lowest BCUT2D eigenvalue weighted by atomic mass is 9.84. The summed E-state index contributed by atoms with van der Waals surface area (Å²) in [6.45, 7) is 16.1. The third kappa shape index (κ3) is 11.6. The number of halogens is 3. The van der Waals surface area contributed by atoms with Crippen LogP contribution in [0.25, 0.3) is 10.9 Å². The largest absolute Gasteiger partial charge is 0.470 e. The molecule has 0 saturated carbocycles. The van der Waals surface area contributed by atoms with Crippen molar-refractivity contribution >= 4 is 29.1 Å². The zero-order valence-corrected chi connectivity index (χ0v) is 26.2. The van der Waals surface area contributed by atoms with E-state index in [1.165, 1.54) is 0 Å². The first-order chi connectivity index (χ1) is 20.0. The molecule has 1 aliphatic heterocycles. The maximum Gasteiger partial charge on any atom is 0.470 e. The van der Waals surface area contributed by atoms with Crippen LogP contribution in [0.1, 0.15) is 72.2 Å². The second-order valence-corrected chi connectivity index (χ2v) is 10.1. The monoisotopic (exact) mass is 609 g/mol. The number of nitrogens with two attached hydrogens (primary N) is 1. The zero-order valence-electron chi connectivity index (χ0n) is 26.2. The molecule has 0 aliphatic carbocycles. The standard InChI is InChI=1S/C13H11N5O.C12H23NO2.C2H2F3NO.C2H6/c1-3-4-10-13-9(11(5-14)16-8-19)6-15-7-12(13)18(2)17-10;1-9-7-13(8-12(9,3)4)11(14)6-10(2)15-5;3-2(4,5)1(6)7;1-2/h6-8,11H,1-2H3,(H,16,19);9-10H,6-8H2,1-5H3;(H2,6,7);1-2H3/t;9?,10-;;/m.1../s1. The number of nitrogens with zero attached hydrogens (tertiary/aromatic N) is 5. The number of ether oxygens (including phenoxy) is 1. The number of nitriles is 1. The molecule has 3 heterocycles. The Morgan fingerprint density at radius 1 is 1.33 bits per heavy atom. The van der Waals surface area contributed by atoms with Crippen molar-refractivity contribution in [3.05, 3.63) is 23.7 Å². The van der Waals surface area contributed by atoms with E-state index in [2.05, 4.69) is 53.7 Å². The molecule has 43 heavy (non-hydrogen) atoms. The van der Waals surface area contributed by atoms with Gasteiger partial charge >= 0.3 is 12.1 Å². The van der Waals surface area contributed by atoms with Crippen molar-refractivity contribution in [2.24, 2.45) is 24.1 Å². The lowest BCUT2D eigenvalue weighted by molar-refractivity contribution is -0.169. The summed E-state index contributed by atoms with van der Waals surface area (Å²) in [5, 5.41) is 16.6. The minimum atomic E-state index is -4.86. The van der Waals surface area contributed by atoms with Gasteiger partial charge in [-0.25, -0.2) is 0 Å². The highest BCUT2D eigenvalue weighted by molar-refractivity contribution is 5.88. The Morgan fingerprint density at radius 3 is 2.33 bits per heavy atom. The van der Waals surface area contributed by atoms with E-state index in [1.54, 1.807) is 38.2 Å². The number of primary amides is 1. The zero-order chi connectivity index (χ0) is 33.5. The van der Waals surface area contributed by atoms with E-state index in [9.17, 15) is 22.8 Å². The van der Waals surface area contributed by atoms with Gasteiger partial charge in [0.15, 0.2) is 0 Å². The Labute approximate surface area is 250 Å². The minimum Gasteiger partial charge on any atom is -0.381 e. The summed E-state index contributed by atoms with van der Waals surface area (Å²) in [5.41, 5.74) is 6.00. The van der Waals surface area contributed by atoms with E-state index in [1.807, 2.05) is 31.7 Å². The van der Waals surface area contributed by atoms with E-state index >= 15 is 0 Å². The molecule has 238 valence electrons. The fraction of sp³-hybridized carbons (Fsp3) is 0.586. The summed E-state index contributed by atoms with van der Waals surface area (Å²) in [7, 11) is 3.43. The van der Waals surface area contributed by atoms with Crippen molar-refractivity contribution in [2.75, 3.05) is 20.2 Å². The van der Waals surface area contributed by atoms with Crippen LogP contribution in [0.2, 0.25) is 0 Å². The van der Waals surface area contributed by atoms with Crippen molar-refractivity contribution in [1.82, 2.24) is 25.0 Å². The molecule has 3 atom stereocenters. The van der Waals surface area contributed by atoms with Gasteiger partial charge in [-0.15, -0.1) is 0 Å². The molecule has 1 aliphatic rings. The summed E-state index contributed by atoms with van der Waals surface area (Å²) in [6.07, 6.45) is -0.637. The maximum atomic E-state index is 11.9. The predicted octanol–water partition coefficient (Wildman–Crippen LogP) is 3.63. The molecular weight excluding hydrogens is 567 g/mol. The van der Waals surface area contributed by atoms with Gasteiger partial charge in [-0.2, -0.15) is 23.5 Å². The number of aryl methyl sites for hydroxylation is 1. The van der Waals surface area contributed by atoms with Crippen LogP contribution < -0.4 is 11.1 Å². The van der Waals surface area contributed by atoms with Gasteiger partial charge in [0.1, 0.15) is 11.7 Å². The van der Waals surface area contributed by atoms with E-state index < -0.39 is 18.1 Å². The van der Waals surface area contributed by atoms with Crippen LogP contribution in [0.5, 0.6) is 0 Å². The number of carbonyl (C=O) groups excluding carboxylic acids is 3. The van der Waals surface area contributed by atoms with E-state index in [0.717, 1.165) is 24.0 Å². The number of hydrogen-bond acceptors (Lipinski definition) is 7. The molecule has 1 fully saturated rings. The number of amides is 3. The molecular formula is C29H42F3N7O4. The molecule has 2 aromatic rings. The molecule has 14 heteroatoms. The molecule has 11 nitrogen and oxygen atoms in total. The molecule has 0 spiro atoms. The van der Waals surface area contributed by atoms with Gasteiger partial charge in [0.05, 0.1) is 30.3 Å². The number of fused-ring (bicyclic) bond motifs is 1. The average Bonchev–Trinajstić information content (AvgIpc) is 3.42. The lowest BCUT2D eigenvalue weighted by Crippen LogP contribution is -2.32. The summed E-state index contributed by atoms with van der Waals surface area (Å²) in [6, 6.07) is 1.25. The third-order valence-corrected chi connectivity index (χ3v) is 6.63. The first-order valence-corrected chi connectivity index (χ1v) is 13.5. The quantitative estimate of drug-likeness (QED) is 0.374. The average molecular weight is 610 g/mol. The molecule has 3 amide bonds. The Balaban J connectivity index is 0.000000655. The first kappa shape index (κ1) is 38.8. The summed E-state index contributed by atoms with van der Waals surface area (Å²) < 4.78 is 38.9. The fourth-order valence-corrected chi connectivity index (χ4v) is 3.85. The number of aromatic nitrogens is 3. The fourth-order valence-electron chi connectivity index (χ4n) is 3.85. The van der Waals surface area contributed by atoms with Crippen molar-refractivity contribution in [3.8, 4) is 17.9 Å². The van der Waals surface area contributed by atoms with Crippen LogP contribution in [0.15, 0.2) is 12.4 Å². The molecule has 0 aromatic carbocycles. The number of carbonyl (C=O) groups is 3. The Kier molecular flexibility index (Phi) is 16.0. The SMILES string of the molecule is CC.CC#Cc1nn(C)c2cncc(C(C#N)NC=O)c12.CO[C@H](C)CC(=O)N1CC(C)C(C)(C)C1.NC(=O)C(F)(F)F. The number of rotatable bonds is 6. The number of hydrogen-bond donors (Lipinski definition) is 2. The first-order valence-electron chi connectivity index (χ1n) is 13.5. The van der Waals surface area contributed by atoms with Gasteiger partial charge in [0.2, 0.25) is 12.3 Å². The van der Waals surface area contributed by atoms with Crippen LogP contribution >= 0.6 is 0 Å². The molecule has 1 saturated heterocycles. The molecule has 3 N–H and O–H groups in total. The number of methoxy groups -OCH3 is 1. The van der Waals surface area contributed by atoms with E-state index in [4.69, 9.17) is 14.8 Å². The highest BCUT2D eigenvalue weighted by Crippen LogP contribution is 2.35. The highest BCUT2D eigenvalue weighted by atomic mass is 19.4. The third-order valence-electron chi connectivity index (χ3n) is 6.63. The van der Waals surface area contributed by atoms with Gasteiger partial charge in [0, 0.05) is 44.4 Å². The van der Waals surface area contributed by atoms with Crippen LogP contribution in [-0.2, 0) is 26.2 Å². The number of nitrogens with one attached hydrogen (secondary N) is 1. The Bertz CT molecular complexity index is 1320. The lowest BCUT2D eigenvalue weighted by Gasteiger charge is -2.22. The van der Waals surface area contributed by atoms with E-state index in [-0.39, 0.29) is 17.4 Å². The summed E-state index contributed by atoms with van der Waals surface area (Å²) in [5.74, 6) is 4.23. The van der Waals surface area contributed by atoms with Crippen molar-refractivity contribution in [2.45, 2.75) is 73.2 Å². The topological polar surface area (TPSA) is 156 Å². The molecule has 0 bridgehead atoms. The van der Waals surface area contributed by atoms with Gasteiger partial charge in [-0.3, -0.25) is 24.0 Å². The number of alkyl halides is 3. The van der Waals surface area contributed by atoms with Crippen molar-refractivity contribution in [3.63, 3.8) is 0 Å². The van der Waals surface area contributed by atoms with Gasteiger partial charge in [-0.1, -0.05) is 40.5 Å². The van der Waals surface area contributed by atoms with E-state index in [0.29, 0.717) is 30.0 Å². The van der Waals surface area contributed by atoms with Crippen LogP contribution in [-0.4, -0.2) is 70.4 Å². The van der Waals surface area contributed by atoms with Gasteiger partial charge < -0.3 is 20.7 Å². The summed E-state index contributed by atoms with van der Waals surface area (Å²) in [4.78, 5) is 37.6. The molecule has 0 radical (unpaired) electrons. The number of pyridine rings is 1.